The number of hydrogen-bond acceptors (Lipinski definition) is 1. The van der Waals surface area contributed by atoms with Crippen molar-refractivity contribution < 1.29 is 9.50 Å². The van der Waals surface area contributed by atoms with Gasteiger partial charge in [0, 0.05) is 0 Å². The highest BCUT2D eigenvalue weighted by Crippen LogP contribution is 2.41. The second-order valence-electron chi connectivity index (χ2n) is 3.18. The number of hydrogen-bond donors (Lipinski definition) is 1. The van der Waals surface area contributed by atoms with E-state index in [0.29, 0.717) is 11.5 Å². The van der Waals surface area contributed by atoms with Gasteiger partial charge in [0.05, 0.1) is 0 Å². The maximum absolute atomic E-state index is 13.2. The molecule has 1 N–H and O–H groups in total. The zero-order valence-corrected chi connectivity index (χ0v) is 6.63. The van der Waals surface area contributed by atoms with E-state index in [1.54, 1.807) is 12.1 Å². The second kappa shape index (κ2) is 2.87. The minimum atomic E-state index is -0.194. The van der Waals surface area contributed by atoms with Crippen molar-refractivity contribution in [3.05, 3.63) is 41.8 Å². The molecule has 12 heavy (non-hydrogen) atoms. The summed E-state index contributed by atoms with van der Waals surface area (Å²) >= 11 is 0. The molecule has 1 aliphatic rings. The monoisotopic (exact) mass is 165 g/mol. The predicted molar refractivity (Wildman–Crippen MR) is 43.7 cm³/mol. The Labute approximate surface area is 70.8 Å². The van der Waals surface area contributed by atoms with E-state index in [4.69, 9.17) is 5.11 Å². The first-order valence-electron chi connectivity index (χ1n) is 4.08. The van der Waals surface area contributed by atoms with Gasteiger partial charge < -0.3 is 5.11 Å². The molecule has 1 fully saturated rings. The van der Waals surface area contributed by atoms with Gasteiger partial charge in [0.15, 0.2) is 0 Å². The van der Waals surface area contributed by atoms with Crippen LogP contribution in [0.1, 0.15) is 29.9 Å². The van der Waals surface area contributed by atoms with Crippen LogP contribution < -0.4 is 0 Å². The minimum Gasteiger partial charge on any atom is -0.385 e. The molecule has 0 spiro atoms. The van der Waals surface area contributed by atoms with Crippen LogP contribution in [0.25, 0.3) is 0 Å². The van der Waals surface area contributed by atoms with Gasteiger partial charge in [-0.2, -0.15) is 0 Å². The molecule has 0 aromatic heterocycles. The summed E-state index contributed by atoms with van der Waals surface area (Å²) in [4.78, 5) is 0. The number of rotatable bonds is 2. The van der Waals surface area contributed by atoms with Gasteiger partial charge in [-0.25, -0.2) is 4.39 Å². The highest BCUT2D eigenvalue weighted by molar-refractivity contribution is 5.31. The molecule has 2 rings (SSSR count). The maximum Gasteiger partial charge on any atom is 0.127 e. The zero-order valence-electron chi connectivity index (χ0n) is 6.63. The summed E-state index contributed by atoms with van der Waals surface area (Å²) in [7, 11) is 0. The Morgan fingerprint density at radius 3 is 2.67 bits per heavy atom. The van der Waals surface area contributed by atoms with E-state index in [-0.39, 0.29) is 5.82 Å². The van der Waals surface area contributed by atoms with Crippen LogP contribution >= 0.6 is 0 Å². The summed E-state index contributed by atoms with van der Waals surface area (Å²) in [5, 5.41) is 8.62. The van der Waals surface area contributed by atoms with Crippen molar-refractivity contribution in [1.82, 2.24) is 0 Å². The van der Waals surface area contributed by atoms with E-state index in [0.717, 1.165) is 25.0 Å². The Balaban J connectivity index is 2.32. The first-order valence-corrected chi connectivity index (χ1v) is 4.08. The molecule has 0 heterocycles. The van der Waals surface area contributed by atoms with Crippen LogP contribution in [0.4, 0.5) is 4.39 Å². The molecule has 0 amide bonds. The molecule has 1 aromatic rings. The first-order chi connectivity index (χ1) is 5.81. The Hall–Kier alpha value is -0.890. The van der Waals surface area contributed by atoms with Crippen molar-refractivity contribution in [1.29, 1.82) is 0 Å². The van der Waals surface area contributed by atoms with Crippen molar-refractivity contribution in [2.75, 3.05) is 0 Å². The number of aliphatic hydroxyl groups excluding tert-OH is 1. The summed E-state index contributed by atoms with van der Waals surface area (Å²) in [5.41, 5.74) is 1.32. The van der Waals surface area contributed by atoms with Crippen LogP contribution in [0, 0.1) is 12.4 Å². The quantitative estimate of drug-likeness (QED) is 0.714. The van der Waals surface area contributed by atoms with Gasteiger partial charge in [-0.1, -0.05) is 12.1 Å². The molecule has 0 atom stereocenters. The topological polar surface area (TPSA) is 20.2 Å². The van der Waals surface area contributed by atoms with Gasteiger partial charge in [0.1, 0.15) is 12.4 Å². The molecular weight excluding hydrogens is 155 g/mol. The van der Waals surface area contributed by atoms with Crippen LogP contribution in [0.15, 0.2) is 18.2 Å². The van der Waals surface area contributed by atoms with Crippen LogP contribution in [0.5, 0.6) is 0 Å². The molecule has 1 aliphatic carbocycles. The van der Waals surface area contributed by atoms with Crippen LogP contribution in [-0.2, 0) is 0 Å². The SMILES string of the molecule is O[CH]c1ccc(C2CC2)c(F)c1. The Kier molecular flexibility index (Phi) is 1.85. The van der Waals surface area contributed by atoms with E-state index >= 15 is 0 Å². The van der Waals surface area contributed by atoms with Gasteiger partial charge in [-0.05, 0) is 36.0 Å². The van der Waals surface area contributed by atoms with Gasteiger partial charge in [0.25, 0.3) is 0 Å². The maximum atomic E-state index is 13.2. The van der Waals surface area contributed by atoms with E-state index in [9.17, 15) is 4.39 Å². The normalized spacial score (nSPS) is 16.5. The van der Waals surface area contributed by atoms with E-state index < -0.39 is 0 Å². The van der Waals surface area contributed by atoms with Crippen molar-refractivity contribution in [2.24, 2.45) is 0 Å². The summed E-state index contributed by atoms with van der Waals surface area (Å²) in [6.07, 6.45) is 2.19. The fourth-order valence-electron chi connectivity index (χ4n) is 1.35. The molecule has 1 radical (unpaired) electrons. The molecule has 1 saturated carbocycles. The fourth-order valence-corrected chi connectivity index (χ4v) is 1.35. The van der Waals surface area contributed by atoms with Crippen molar-refractivity contribution >= 4 is 0 Å². The highest BCUT2D eigenvalue weighted by atomic mass is 19.1. The van der Waals surface area contributed by atoms with Crippen molar-refractivity contribution in [3.63, 3.8) is 0 Å². The Morgan fingerprint density at radius 1 is 1.42 bits per heavy atom. The average Bonchev–Trinajstić information content (AvgIpc) is 2.87. The fraction of sp³-hybridized carbons (Fsp3) is 0.300. The molecule has 63 valence electrons. The van der Waals surface area contributed by atoms with Gasteiger partial charge in [0.2, 0.25) is 0 Å². The second-order valence-corrected chi connectivity index (χ2v) is 3.18. The number of benzene rings is 1. The average molecular weight is 165 g/mol. The summed E-state index contributed by atoms with van der Waals surface area (Å²) in [6.45, 7) is 0.916. The molecule has 2 heteroatoms. The minimum absolute atomic E-state index is 0.194. The lowest BCUT2D eigenvalue weighted by molar-refractivity contribution is 0.414. The summed E-state index contributed by atoms with van der Waals surface area (Å²) < 4.78 is 13.2. The third-order valence-electron chi connectivity index (χ3n) is 2.19. The smallest absolute Gasteiger partial charge is 0.127 e. The predicted octanol–water partition coefficient (Wildman–Crippen LogP) is 2.59. The summed E-state index contributed by atoms with van der Waals surface area (Å²) in [5.74, 6) is 0.234. The van der Waals surface area contributed by atoms with E-state index in [1.807, 2.05) is 0 Å². The van der Waals surface area contributed by atoms with Gasteiger partial charge in [-0.3, -0.25) is 0 Å². The lowest BCUT2D eigenvalue weighted by Crippen LogP contribution is -1.89. The van der Waals surface area contributed by atoms with Crippen molar-refractivity contribution in [2.45, 2.75) is 18.8 Å². The zero-order chi connectivity index (χ0) is 8.55. The lowest BCUT2D eigenvalue weighted by Gasteiger charge is -2.01. The molecule has 0 aliphatic heterocycles. The Morgan fingerprint density at radius 2 is 2.17 bits per heavy atom. The van der Waals surface area contributed by atoms with Crippen LogP contribution in [0.2, 0.25) is 0 Å². The Bertz CT molecular complexity index is 292. The number of halogens is 1. The highest BCUT2D eigenvalue weighted by Gasteiger charge is 2.26. The molecule has 1 aromatic carbocycles. The van der Waals surface area contributed by atoms with E-state index in [2.05, 4.69) is 0 Å². The lowest BCUT2D eigenvalue weighted by atomic mass is 10.1. The number of aliphatic hydroxyl groups is 1. The molecule has 0 unspecified atom stereocenters. The molecular formula is C10H10FO. The van der Waals surface area contributed by atoms with Crippen molar-refractivity contribution in [3.8, 4) is 0 Å². The van der Waals surface area contributed by atoms with Crippen LogP contribution in [-0.4, -0.2) is 5.11 Å². The first kappa shape index (κ1) is 7.74. The third kappa shape index (κ3) is 1.34. The van der Waals surface area contributed by atoms with Gasteiger partial charge in [-0.15, -0.1) is 0 Å². The standard InChI is InChI=1S/C10H10FO/c11-10-5-7(6-12)1-4-9(10)8-2-3-8/h1,4-6,8,12H,2-3H2. The largest absolute Gasteiger partial charge is 0.385 e. The molecule has 1 nitrogen and oxygen atoms in total. The molecule has 0 bridgehead atoms. The molecule has 0 saturated heterocycles. The van der Waals surface area contributed by atoms with Gasteiger partial charge >= 0.3 is 0 Å². The third-order valence-corrected chi connectivity index (χ3v) is 2.19. The summed E-state index contributed by atoms with van der Waals surface area (Å²) in [6, 6.07) is 4.86. The van der Waals surface area contributed by atoms with E-state index in [1.165, 1.54) is 6.07 Å². The van der Waals surface area contributed by atoms with Crippen LogP contribution in [0.3, 0.4) is 0 Å².